The van der Waals surface area contributed by atoms with Crippen LogP contribution in [0.5, 0.6) is 0 Å². The largest absolute Gasteiger partial charge is 0.206 e. The number of benzene rings is 1. The van der Waals surface area contributed by atoms with Crippen molar-refractivity contribution >= 4 is 35.2 Å². The molecule has 0 aromatic heterocycles. The van der Waals surface area contributed by atoms with Crippen LogP contribution in [0.2, 0.25) is 0 Å². The first-order valence-corrected chi connectivity index (χ1v) is 3.97. The van der Waals surface area contributed by atoms with Gasteiger partial charge in [-0.2, -0.15) is 0 Å². The maximum absolute atomic E-state index is 12.5. The van der Waals surface area contributed by atoms with Crippen LogP contribution in [-0.4, -0.2) is 0 Å². The van der Waals surface area contributed by atoms with E-state index in [1.807, 2.05) is 0 Å². The first-order valence-electron chi connectivity index (χ1n) is 2.45. The lowest BCUT2D eigenvalue weighted by molar-refractivity contribution is 0.562. The van der Waals surface area contributed by atoms with Crippen LogP contribution in [0.4, 0.5) is 8.78 Å². The van der Waals surface area contributed by atoms with E-state index < -0.39 is 11.6 Å². The van der Waals surface area contributed by atoms with Crippen LogP contribution in [0.1, 0.15) is 0 Å². The third-order valence-corrected chi connectivity index (χ3v) is 2.16. The topological polar surface area (TPSA) is 0 Å². The molecule has 0 aliphatic rings. The predicted molar refractivity (Wildman–Crippen MR) is 46.3 cm³/mol. The molecule has 1 aromatic carbocycles. The summed E-state index contributed by atoms with van der Waals surface area (Å²) in [7, 11) is 0. The Morgan fingerprint density at radius 3 is 2.30 bits per heavy atom. The zero-order valence-corrected chi connectivity index (χ0v) is 7.79. The molecule has 1 rings (SSSR count). The summed E-state index contributed by atoms with van der Waals surface area (Å²) in [5, 5.41) is 0. The van der Waals surface area contributed by atoms with Gasteiger partial charge in [-0.25, -0.2) is 8.78 Å². The summed E-state index contributed by atoms with van der Waals surface area (Å²) < 4.78 is 25.3. The molecule has 0 spiro atoms. The Labute approximate surface area is 76.2 Å². The predicted octanol–water partition coefficient (Wildman–Crippen LogP) is 2.86. The lowest BCUT2D eigenvalue weighted by atomic mass is 10.3. The lowest BCUT2D eigenvalue weighted by Gasteiger charge is -1.96. The second kappa shape index (κ2) is 3.04. The zero-order valence-electron chi connectivity index (χ0n) is 4.74. The van der Waals surface area contributed by atoms with Crippen molar-refractivity contribution in [2.75, 3.05) is 0 Å². The molecule has 0 aliphatic heterocycles. The first-order chi connectivity index (χ1) is 4.61. The standard InChI is InChI=1S/C6H3F2IS/c7-3-1-4(8)6(10)2-5(3)9/h1-2,10H. The summed E-state index contributed by atoms with van der Waals surface area (Å²) in [5.41, 5.74) is 0. The maximum Gasteiger partial charge on any atom is 0.139 e. The van der Waals surface area contributed by atoms with Gasteiger partial charge in [-0.3, -0.25) is 0 Å². The van der Waals surface area contributed by atoms with Crippen molar-refractivity contribution in [1.29, 1.82) is 0 Å². The van der Waals surface area contributed by atoms with Crippen molar-refractivity contribution in [2.45, 2.75) is 4.90 Å². The summed E-state index contributed by atoms with van der Waals surface area (Å²) >= 11 is 5.54. The van der Waals surface area contributed by atoms with Crippen LogP contribution in [0.25, 0.3) is 0 Å². The number of hydrogen-bond donors (Lipinski definition) is 1. The third kappa shape index (κ3) is 1.60. The van der Waals surface area contributed by atoms with Gasteiger partial charge >= 0.3 is 0 Å². The maximum atomic E-state index is 12.5. The zero-order chi connectivity index (χ0) is 7.72. The van der Waals surface area contributed by atoms with Gasteiger partial charge in [0.15, 0.2) is 0 Å². The molecule has 0 bridgehead atoms. The van der Waals surface area contributed by atoms with Crippen LogP contribution in [-0.2, 0) is 0 Å². The Hall–Kier alpha value is 0.160. The van der Waals surface area contributed by atoms with Crippen LogP contribution < -0.4 is 0 Å². The summed E-state index contributed by atoms with van der Waals surface area (Å²) in [6.45, 7) is 0. The van der Waals surface area contributed by atoms with Crippen molar-refractivity contribution < 1.29 is 8.78 Å². The molecule has 0 unspecified atom stereocenters. The van der Waals surface area contributed by atoms with E-state index in [0.29, 0.717) is 3.57 Å². The SMILES string of the molecule is Fc1cc(F)c(I)cc1S. The van der Waals surface area contributed by atoms with Crippen molar-refractivity contribution in [2.24, 2.45) is 0 Å². The Morgan fingerprint density at radius 1 is 1.20 bits per heavy atom. The fourth-order valence-corrected chi connectivity index (χ4v) is 1.42. The average Bonchev–Trinajstić information content (AvgIpc) is 1.84. The number of halogens is 3. The van der Waals surface area contributed by atoms with E-state index >= 15 is 0 Å². The monoisotopic (exact) mass is 272 g/mol. The highest BCUT2D eigenvalue weighted by Gasteiger charge is 2.03. The highest BCUT2D eigenvalue weighted by molar-refractivity contribution is 14.1. The molecule has 54 valence electrons. The van der Waals surface area contributed by atoms with Gasteiger partial charge < -0.3 is 0 Å². The van der Waals surface area contributed by atoms with Gasteiger partial charge in [-0.15, -0.1) is 12.6 Å². The molecule has 0 radical (unpaired) electrons. The van der Waals surface area contributed by atoms with E-state index in [1.54, 1.807) is 22.6 Å². The summed E-state index contributed by atoms with van der Waals surface area (Å²) in [4.78, 5) is 0.172. The number of hydrogen-bond acceptors (Lipinski definition) is 1. The van der Waals surface area contributed by atoms with Gasteiger partial charge in [-0.1, -0.05) is 0 Å². The molecular weight excluding hydrogens is 269 g/mol. The average molecular weight is 272 g/mol. The second-order valence-electron chi connectivity index (χ2n) is 1.72. The first kappa shape index (κ1) is 8.26. The molecule has 0 N–H and O–H groups in total. The third-order valence-electron chi connectivity index (χ3n) is 0.990. The summed E-state index contributed by atoms with van der Waals surface area (Å²) in [5.74, 6) is -1.17. The molecule has 0 fully saturated rings. The van der Waals surface area contributed by atoms with Gasteiger partial charge in [0.1, 0.15) is 11.6 Å². The minimum atomic E-state index is -0.624. The van der Waals surface area contributed by atoms with Crippen LogP contribution in [0, 0.1) is 15.2 Å². The van der Waals surface area contributed by atoms with E-state index in [2.05, 4.69) is 12.6 Å². The van der Waals surface area contributed by atoms with E-state index in [4.69, 9.17) is 0 Å². The minimum Gasteiger partial charge on any atom is -0.206 e. The normalized spacial score (nSPS) is 10.0. The van der Waals surface area contributed by atoms with Crippen LogP contribution in [0.15, 0.2) is 17.0 Å². The van der Waals surface area contributed by atoms with Gasteiger partial charge in [0.05, 0.1) is 3.57 Å². The molecule has 0 aliphatic carbocycles. The molecule has 0 saturated heterocycles. The van der Waals surface area contributed by atoms with Gasteiger partial charge in [0.25, 0.3) is 0 Å². The van der Waals surface area contributed by atoms with Crippen LogP contribution >= 0.6 is 35.2 Å². The quantitative estimate of drug-likeness (QED) is 0.419. The molecule has 0 atom stereocenters. The van der Waals surface area contributed by atoms with E-state index in [1.165, 1.54) is 6.07 Å². The Morgan fingerprint density at radius 2 is 1.80 bits per heavy atom. The molecule has 0 saturated carbocycles. The Balaban J connectivity index is 3.28. The highest BCUT2D eigenvalue weighted by atomic mass is 127. The molecule has 0 nitrogen and oxygen atoms in total. The van der Waals surface area contributed by atoms with E-state index in [-0.39, 0.29) is 4.90 Å². The molecule has 0 heterocycles. The molecular formula is C6H3F2IS. The Bertz CT molecular complexity index is 212. The summed E-state index contributed by atoms with van der Waals surface area (Å²) in [6.07, 6.45) is 0. The van der Waals surface area contributed by atoms with Crippen LogP contribution in [0.3, 0.4) is 0 Å². The fraction of sp³-hybridized carbons (Fsp3) is 0. The van der Waals surface area contributed by atoms with Gasteiger partial charge in [-0.05, 0) is 28.7 Å². The summed E-state index contributed by atoms with van der Waals surface area (Å²) in [6, 6.07) is 2.17. The molecule has 4 heteroatoms. The van der Waals surface area contributed by atoms with E-state index in [9.17, 15) is 8.78 Å². The second-order valence-corrected chi connectivity index (χ2v) is 3.36. The molecule has 10 heavy (non-hydrogen) atoms. The molecule has 0 amide bonds. The fourth-order valence-electron chi connectivity index (χ4n) is 0.512. The number of rotatable bonds is 0. The minimum absolute atomic E-state index is 0.172. The molecule has 1 aromatic rings. The highest BCUT2D eigenvalue weighted by Crippen LogP contribution is 2.18. The van der Waals surface area contributed by atoms with Crippen molar-refractivity contribution in [3.63, 3.8) is 0 Å². The lowest BCUT2D eigenvalue weighted by Crippen LogP contribution is -1.85. The van der Waals surface area contributed by atoms with Gasteiger partial charge in [0.2, 0.25) is 0 Å². The van der Waals surface area contributed by atoms with Crippen molar-refractivity contribution in [3.05, 3.63) is 27.3 Å². The van der Waals surface area contributed by atoms with Crippen molar-refractivity contribution in [1.82, 2.24) is 0 Å². The van der Waals surface area contributed by atoms with E-state index in [0.717, 1.165) is 6.07 Å². The van der Waals surface area contributed by atoms with Crippen molar-refractivity contribution in [3.8, 4) is 0 Å². The smallest absolute Gasteiger partial charge is 0.139 e. The van der Waals surface area contributed by atoms with Gasteiger partial charge in [0, 0.05) is 11.0 Å². The number of thiol groups is 1. The Kier molecular flexibility index (Phi) is 2.51.